The molecule has 0 amide bonds. The van der Waals surface area contributed by atoms with Gasteiger partial charge in [-0.05, 0) is 58.0 Å². The van der Waals surface area contributed by atoms with Gasteiger partial charge >= 0.3 is 0 Å². The van der Waals surface area contributed by atoms with Crippen molar-refractivity contribution in [2.75, 3.05) is 13.1 Å². The highest BCUT2D eigenvalue weighted by atomic mass is 14.9. The molecule has 2 heterocycles. The molecule has 2 rings (SSSR count). The van der Waals surface area contributed by atoms with E-state index < -0.39 is 0 Å². The molecule has 2 heteroatoms. The molecule has 1 radical (unpaired) electrons. The average Bonchev–Trinajstić information content (AvgIpc) is 2.75. The van der Waals surface area contributed by atoms with Crippen molar-refractivity contribution in [1.82, 2.24) is 10.6 Å². The van der Waals surface area contributed by atoms with Crippen molar-refractivity contribution >= 4 is 0 Å². The fourth-order valence-electron chi connectivity index (χ4n) is 2.41. The van der Waals surface area contributed by atoms with Crippen molar-refractivity contribution in [2.45, 2.75) is 50.6 Å². The molecule has 2 aliphatic heterocycles. The molecular weight excluding hydrogens is 160 g/mol. The largest absolute Gasteiger partial charge is 0.314 e. The van der Waals surface area contributed by atoms with Gasteiger partial charge in [-0.1, -0.05) is 0 Å². The molecule has 0 bridgehead atoms. The summed E-state index contributed by atoms with van der Waals surface area (Å²) in [5.74, 6) is 0. The quantitative estimate of drug-likeness (QED) is 0.686. The molecule has 13 heavy (non-hydrogen) atoms. The summed E-state index contributed by atoms with van der Waals surface area (Å²) in [5.41, 5.74) is 0. The first-order chi connectivity index (χ1) is 6.45. The molecule has 2 N–H and O–H groups in total. The van der Waals surface area contributed by atoms with Gasteiger partial charge in [0.25, 0.3) is 0 Å². The van der Waals surface area contributed by atoms with Crippen molar-refractivity contribution < 1.29 is 0 Å². The lowest BCUT2D eigenvalue weighted by Gasteiger charge is -2.12. The lowest BCUT2D eigenvalue weighted by atomic mass is 10.0. The lowest BCUT2D eigenvalue weighted by molar-refractivity contribution is 0.540. The van der Waals surface area contributed by atoms with E-state index in [0.717, 1.165) is 12.1 Å². The molecule has 2 saturated heterocycles. The van der Waals surface area contributed by atoms with Crippen LogP contribution in [0.5, 0.6) is 0 Å². The van der Waals surface area contributed by atoms with E-state index in [1.807, 2.05) is 0 Å². The summed E-state index contributed by atoms with van der Waals surface area (Å²) in [7, 11) is 0. The topological polar surface area (TPSA) is 24.1 Å². The number of hydrogen-bond acceptors (Lipinski definition) is 2. The van der Waals surface area contributed by atoms with Gasteiger partial charge in [0.2, 0.25) is 0 Å². The molecule has 75 valence electrons. The predicted octanol–water partition coefficient (Wildman–Crippen LogP) is 1.47. The Morgan fingerprint density at radius 3 is 1.85 bits per heavy atom. The van der Waals surface area contributed by atoms with E-state index in [9.17, 15) is 0 Å². The number of nitrogens with one attached hydrogen (secondary N) is 2. The van der Waals surface area contributed by atoms with Crippen LogP contribution in [0.2, 0.25) is 0 Å². The Labute approximate surface area is 81.5 Å². The molecule has 0 aliphatic carbocycles. The Kier molecular flexibility index (Phi) is 3.62. The van der Waals surface area contributed by atoms with Gasteiger partial charge in [-0.3, -0.25) is 0 Å². The van der Waals surface area contributed by atoms with Crippen LogP contribution in [0.25, 0.3) is 0 Å². The molecule has 0 spiro atoms. The van der Waals surface area contributed by atoms with Crippen LogP contribution in [0.15, 0.2) is 0 Å². The summed E-state index contributed by atoms with van der Waals surface area (Å²) in [6.45, 7) is 2.47. The standard InChI is InChI=1S/C11H21N2/c1(4-10-6-2-8-12-10)5-11-7-3-9-13-11/h1,10-13H,2-9H2. The third kappa shape index (κ3) is 2.96. The summed E-state index contributed by atoms with van der Waals surface area (Å²) in [5, 5.41) is 7.06. The second-order valence-electron chi connectivity index (χ2n) is 4.35. The highest BCUT2D eigenvalue weighted by molar-refractivity contribution is 4.85. The predicted molar refractivity (Wildman–Crippen MR) is 55.6 cm³/mol. The van der Waals surface area contributed by atoms with Crippen molar-refractivity contribution in [3.63, 3.8) is 0 Å². The zero-order valence-corrected chi connectivity index (χ0v) is 8.39. The van der Waals surface area contributed by atoms with Crippen LogP contribution < -0.4 is 10.6 Å². The monoisotopic (exact) mass is 181 g/mol. The van der Waals surface area contributed by atoms with Crippen molar-refractivity contribution in [3.8, 4) is 0 Å². The van der Waals surface area contributed by atoms with Gasteiger partial charge < -0.3 is 10.6 Å². The maximum Gasteiger partial charge on any atom is 0.00702 e. The minimum absolute atomic E-state index is 0.793. The normalized spacial score (nSPS) is 34.2. The Balaban J connectivity index is 1.52. The van der Waals surface area contributed by atoms with Crippen molar-refractivity contribution in [1.29, 1.82) is 0 Å². The fourth-order valence-corrected chi connectivity index (χ4v) is 2.41. The molecule has 2 unspecified atom stereocenters. The van der Waals surface area contributed by atoms with Gasteiger partial charge in [0, 0.05) is 12.1 Å². The van der Waals surface area contributed by atoms with Crippen molar-refractivity contribution in [2.24, 2.45) is 0 Å². The Morgan fingerprint density at radius 2 is 1.46 bits per heavy atom. The van der Waals surface area contributed by atoms with Crippen LogP contribution >= 0.6 is 0 Å². The third-order valence-corrected chi connectivity index (χ3v) is 3.23. The van der Waals surface area contributed by atoms with Crippen LogP contribution in [0.3, 0.4) is 0 Å². The second-order valence-corrected chi connectivity index (χ2v) is 4.35. The average molecular weight is 181 g/mol. The highest BCUT2D eigenvalue weighted by Gasteiger charge is 2.16. The zero-order valence-electron chi connectivity index (χ0n) is 8.39. The highest BCUT2D eigenvalue weighted by Crippen LogP contribution is 2.15. The summed E-state index contributed by atoms with van der Waals surface area (Å²) in [4.78, 5) is 0. The molecule has 0 aromatic heterocycles. The Hall–Kier alpha value is -0.0800. The minimum Gasteiger partial charge on any atom is -0.314 e. The molecule has 0 aromatic carbocycles. The smallest absolute Gasteiger partial charge is 0.00702 e. The maximum absolute atomic E-state index is 3.53. The SMILES string of the molecule is [CH](CC1CCCN1)CC1CCCN1. The maximum atomic E-state index is 3.53. The van der Waals surface area contributed by atoms with Crippen LogP contribution in [-0.4, -0.2) is 25.2 Å². The van der Waals surface area contributed by atoms with Gasteiger partial charge in [-0.2, -0.15) is 0 Å². The van der Waals surface area contributed by atoms with E-state index in [2.05, 4.69) is 17.1 Å². The van der Waals surface area contributed by atoms with Crippen molar-refractivity contribution in [3.05, 3.63) is 6.42 Å². The number of hydrogen-bond donors (Lipinski definition) is 2. The Morgan fingerprint density at radius 1 is 0.923 bits per heavy atom. The third-order valence-electron chi connectivity index (χ3n) is 3.23. The summed E-state index contributed by atoms with van der Waals surface area (Å²) < 4.78 is 0. The van der Waals surface area contributed by atoms with E-state index in [1.54, 1.807) is 0 Å². The van der Waals surface area contributed by atoms with Gasteiger partial charge in [0.1, 0.15) is 0 Å². The van der Waals surface area contributed by atoms with Gasteiger partial charge in [0.15, 0.2) is 0 Å². The van der Waals surface area contributed by atoms with Gasteiger partial charge in [-0.25, -0.2) is 0 Å². The van der Waals surface area contributed by atoms with Gasteiger partial charge in [-0.15, -0.1) is 0 Å². The second kappa shape index (κ2) is 4.97. The molecule has 2 nitrogen and oxygen atoms in total. The van der Waals surface area contributed by atoms with Crippen LogP contribution in [-0.2, 0) is 0 Å². The molecule has 2 aliphatic rings. The zero-order chi connectivity index (χ0) is 8.93. The fraction of sp³-hybridized carbons (Fsp3) is 0.909. The van der Waals surface area contributed by atoms with E-state index in [1.165, 1.54) is 51.6 Å². The first-order valence-corrected chi connectivity index (χ1v) is 5.73. The van der Waals surface area contributed by atoms with E-state index in [-0.39, 0.29) is 0 Å². The van der Waals surface area contributed by atoms with Gasteiger partial charge in [0.05, 0.1) is 0 Å². The molecule has 0 aromatic rings. The first-order valence-electron chi connectivity index (χ1n) is 5.73. The van der Waals surface area contributed by atoms with E-state index >= 15 is 0 Å². The molecule has 0 saturated carbocycles. The molecular formula is C11H21N2. The summed E-state index contributed by atoms with van der Waals surface area (Å²) >= 11 is 0. The lowest BCUT2D eigenvalue weighted by Crippen LogP contribution is -2.24. The minimum atomic E-state index is 0.793. The number of rotatable bonds is 4. The van der Waals surface area contributed by atoms with E-state index in [4.69, 9.17) is 0 Å². The van der Waals surface area contributed by atoms with Crippen LogP contribution in [0.4, 0.5) is 0 Å². The molecule has 2 atom stereocenters. The summed E-state index contributed by atoms with van der Waals surface area (Å²) in [6, 6.07) is 1.59. The van der Waals surface area contributed by atoms with E-state index in [0.29, 0.717) is 0 Å². The first kappa shape index (κ1) is 9.47. The Bertz CT molecular complexity index is 119. The van der Waals surface area contributed by atoms with Crippen LogP contribution in [0.1, 0.15) is 38.5 Å². The molecule has 2 fully saturated rings. The van der Waals surface area contributed by atoms with Crippen LogP contribution in [0, 0.1) is 6.42 Å². The summed E-state index contributed by atoms with van der Waals surface area (Å²) in [6.07, 6.45) is 10.5.